The van der Waals surface area contributed by atoms with E-state index in [4.69, 9.17) is 13.0 Å². The van der Waals surface area contributed by atoms with Crippen molar-refractivity contribution in [2.75, 3.05) is 28.2 Å². The standard InChI is InChI=1S/C9H9BrFNO.C7H4BrFO2.C5H12O.C2H7N/c1-12(2)9(13)6-3-4-7(10)8(11)5-6;8-5-2-1-4(7(10)11)3-6(5)9;1-3-5(6)4-2;1-3-2/h3-5H,1-2H3;1-3H,(H,10,11);5-6H,3-4H2,1-2H3;3H,1-2H3/i;;1TD;. The number of aliphatic hydroxyl groups is 1. The fraction of sp³-hybridized carbons (Fsp3) is 0.391. The van der Waals surface area contributed by atoms with Crippen LogP contribution in [0.25, 0.3) is 0 Å². The summed E-state index contributed by atoms with van der Waals surface area (Å²) in [5, 5.41) is 20.0. The summed E-state index contributed by atoms with van der Waals surface area (Å²) in [7, 11) is 7.00. The molecule has 186 valence electrons. The van der Waals surface area contributed by atoms with Gasteiger partial charge in [-0.3, -0.25) is 4.79 Å². The first-order chi connectivity index (χ1) is 16.2. The molecule has 0 saturated carbocycles. The van der Waals surface area contributed by atoms with Crippen molar-refractivity contribution in [2.45, 2.75) is 32.7 Å². The summed E-state index contributed by atoms with van der Waals surface area (Å²) in [6.45, 7) is 0.970. The molecule has 33 heavy (non-hydrogen) atoms. The number of aromatic carboxylic acids is 1. The second-order valence-corrected chi connectivity index (χ2v) is 8.27. The zero-order valence-corrected chi connectivity index (χ0v) is 22.4. The number of carbonyl (C=O) groups excluding carboxylic acids is 1. The summed E-state index contributed by atoms with van der Waals surface area (Å²) >= 11 is 5.93. The number of amides is 1. The molecule has 2 aromatic rings. The van der Waals surface area contributed by atoms with E-state index < -0.39 is 30.6 Å². The fourth-order valence-corrected chi connectivity index (χ4v) is 2.18. The maximum absolute atomic E-state index is 13.0. The zero-order valence-electron chi connectivity index (χ0n) is 21.2. The Morgan fingerprint density at radius 2 is 1.52 bits per heavy atom. The molecule has 2 rings (SSSR count). The summed E-state index contributed by atoms with van der Waals surface area (Å²) in [6.07, 6.45) is 0.472. The van der Waals surface area contributed by atoms with Crippen LogP contribution in [-0.2, 0) is 0 Å². The Morgan fingerprint density at radius 3 is 1.82 bits per heavy atom. The van der Waals surface area contributed by atoms with Crippen LogP contribution in [0.4, 0.5) is 8.78 Å². The van der Waals surface area contributed by atoms with E-state index in [0.29, 0.717) is 16.5 Å². The van der Waals surface area contributed by atoms with E-state index in [2.05, 4.69) is 37.2 Å². The number of carboxylic acids is 1. The van der Waals surface area contributed by atoms with Crippen molar-refractivity contribution in [1.29, 1.82) is 0 Å². The second kappa shape index (κ2) is 18.5. The van der Waals surface area contributed by atoms with Gasteiger partial charge in [0.25, 0.3) is 5.91 Å². The molecular weight excluding hydrogens is 566 g/mol. The number of hydrogen-bond acceptors (Lipinski definition) is 4. The second-order valence-electron chi connectivity index (χ2n) is 6.56. The monoisotopic (exact) mass is 599 g/mol. The smallest absolute Gasteiger partial charge is 0.335 e. The third kappa shape index (κ3) is 14.8. The van der Waals surface area contributed by atoms with Crippen molar-refractivity contribution < 1.29 is 31.3 Å². The van der Waals surface area contributed by atoms with Crippen LogP contribution in [-0.4, -0.2) is 61.3 Å². The normalized spacial score (nSPS) is 12.1. The van der Waals surface area contributed by atoms with Gasteiger partial charge in [0.2, 0.25) is 0 Å². The molecule has 1 amide bonds. The van der Waals surface area contributed by atoms with Gasteiger partial charge in [-0.2, -0.15) is 0 Å². The summed E-state index contributed by atoms with van der Waals surface area (Å²) < 4.78 is 39.7. The number of aliphatic hydroxyl groups excluding tert-OH is 1. The Labute approximate surface area is 214 Å². The molecule has 2 aromatic carbocycles. The number of hydrogen-bond donors (Lipinski definition) is 3. The van der Waals surface area contributed by atoms with E-state index in [0.717, 1.165) is 6.07 Å². The van der Waals surface area contributed by atoms with Crippen LogP contribution in [0.1, 0.15) is 50.1 Å². The van der Waals surface area contributed by atoms with Crippen LogP contribution in [0.5, 0.6) is 0 Å². The number of carbonyl (C=O) groups is 2. The van der Waals surface area contributed by atoms with Gasteiger partial charge in [0, 0.05) is 22.4 Å². The molecule has 0 aromatic heterocycles. The molecule has 0 fully saturated rings. The summed E-state index contributed by atoms with van der Waals surface area (Å²) in [6, 6.07) is 7.97. The Bertz CT molecular complexity index is 923. The molecule has 10 heteroatoms. The number of halogens is 4. The van der Waals surface area contributed by atoms with Crippen LogP contribution < -0.4 is 5.32 Å². The molecule has 2 atom stereocenters. The van der Waals surface area contributed by atoms with Crippen LogP contribution >= 0.6 is 31.9 Å². The van der Waals surface area contributed by atoms with Gasteiger partial charge in [-0.25, -0.2) is 13.6 Å². The van der Waals surface area contributed by atoms with Crippen molar-refractivity contribution in [3.05, 3.63) is 68.1 Å². The van der Waals surface area contributed by atoms with Gasteiger partial charge in [0.15, 0.2) is 0 Å². The molecule has 0 heterocycles. The number of rotatable bonds is 4. The first-order valence-corrected chi connectivity index (χ1v) is 11.3. The Hall–Kier alpha value is -1.88. The predicted molar refractivity (Wildman–Crippen MR) is 135 cm³/mol. The van der Waals surface area contributed by atoms with Gasteiger partial charge in [-0.05, 0) is 95.2 Å². The summed E-state index contributed by atoms with van der Waals surface area (Å²) in [4.78, 5) is 23.0. The van der Waals surface area contributed by atoms with Gasteiger partial charge in [0.1, 0.15) is 11.6 Å². The average Bonchev–Trinajstić information content (AvgIpc) is 2.77. The SMILES string of the molecule is CN(C)C(=O)c1ccc(Br)c(F)c1.CNC.O=C(O)c1ccc(Br)c(F)c1.[2H]C([3H])CC(O)CC. The first kappa shape index (κ1) is 29.2. The fourth-order valence-electron chi connectivity index (χ4n) is 1.68. The molecule has 0 radical (unpaired) electrons. The predicted octanol–water partition coefficient (Wildman–Crippen LogP) is 5.58. The Morgan fingerprint density at radius 1 is 1.09 bits per heavy atom. The summed E-state index contributed by atoms with van der Waals surface area (Å²) in [5.74, 6) is -2.32. The molecule has 0 aliphatic carbocycles. The van der Waals surface area contributed by atoms with E-state index in [1.54, 1.807) is 20.2 Å². The van der Waals surface area contributed by atoms with E-state index in [1.165, 1.54) is 29.2 Å². The molecule has 3 N–H and O–H groups in total. The lowest BCUT2D eigenvalue weighted by molar-refractivity contribution is 0.0695. The lowest BCUT2D eigenvalue weighted by atomic mass is 10.2. The van der Waals surface area contributed by atoms with Crippen molar-refractivity contribution in [3.8, 4) is 0 Å². The third-order valence-electron chi connectivity index (χ3n) is 3.48. The Kier molecular flexibility index (Phi) is 16.4. The minimum atomic E-state index is -1.13. The number of carboxylic acid groups (broad SMARTS) is 1. The van der Waals surface area contributed by atoms with E-state index in [9.17, 15) is 18.4 Å². The third-order valence-corrected chi connectivity index (χ3v) is 4.77. The molecule has 6 nitrogen and oxygen atoms in total. The van der Waals surface area contributed by atoms with Crippen LogP contribution in [0.2, 0.25) is 0 Å². The van der Waals surface area contributed by atoms with Crippen LogP contribution in [0.15, 0.2) is 45.3 Å². The molecule has 2 unspecified atom stereocenters. The maximum Gasteiger partial charge on any atom is 0.335 e. The van der Waals surface area contributed by atoms with Gasteiger partial charge < -0.3 is 20.4 Å². The van der Waals surface area contributed by atoms with Crippen LogP contribution in [0.3, 0.4) is 0 Å². The minimum absolute atomic E-state index is 0.0503. The van der Waals surface area contributed by atoms with E-state index >= 15 is 0 Å². The maximum atomic E-state index is 13.0. The van der Waals surface area contributed by atoms with Crippen LogP contribution in [0, 0.1) is 11.6 Å². The molecule has 0 spiro atoms. The zero-order chi connectivity index (χ0) is 27.7. The minimum Gasteiger partial charge on any atom is -0.478 e. The molecule has 0 saturated heterocycles. The Balaban J connectivity index is 0. The number of nitrogens with zero attached hydrogens (tertiary/aromatic N) is 1. The van der Waals surface area contributed by atoms with Crippen molar-refractivity contribution in [3.63, 3.8) is 0 Å². The molecular formula is C23H32Br2F2N2O4. The largest absolute Gasteiger partial charge is 0.478 e. The topological polar surface area (TPSA) is 89.9 Å². The van der Waals surface area contributed by atoms with Gasteiger partial charge in [-0.1, -0.05) is 13.8 Å². The van der Waals surface area contributed by atoms with Crippen molar-refractivity contribution in [1.82, 2.24) is 10.2 Å². The average molecular weight is 601 g/mol. The lowest BCUT2D eigenvalue weighted by Crippen LogP contribution is -2.21. The quantitative estimate of drug-likeness (QED) is 0.426. The first-order valence-electron chi connectivity index (χ1n) is 10.8. The lowest BCUT2D eigenvalue weighted by Gasteiger charge is -2.09. The van der Waals surface area contributed by atoms with Gasteiger partial charge in [-0.15, -0.1) is 0 Å². The summed E-state index contributed by atoms with van der Waals surface area (Å²) in [5.41, 5.74) is 0.302. The van der Waals surface area contributed by atoms with E-state index in [1.807, 2.05) is 21.0 Å². The number of nitrogens with one attached hydrogen (secondary N) is 1. The molecule has 0 aliphatic rings. The van der Waals surface area contributed by atoms with Crippen molar-refractivity contribution >= 4 is 43.7 Å². The molecule has 0 aliphatic heterocycles. The highest BCUT2D eigenvalue weighted by Crippen LogP contribution is 2.17. The van der Waals surface area contributed by atoms with E-state index in [-0.39, 0.29) is 22.4 Å². The van der Waals surface area contributed by atoms with Gasteiger partial charge in [0.05, 0.1) is 20.6 Å². The highest BCUT2D eigenvalue weighted by molar-refractivity contribution is 9.10. The highest BCUT2D eigenvalue weighted by Gasteiger charge is 2.09. The van der Waals surface area contributed by atoms with Gasteiger partial charge >= 0.3 is 5.97 Å². The molecule has 0 bridgehead atoms. The number of benzene rings is 2. The van der Waals surface area contributed by atoms with Crippen molar-refractivity contribution in [2.24, 2.45) is 0 Å². The highest BCUT2D eigenvalue weighted by atomic mass is 79.9.